The summed E-state index contributed by atoms with van der Waals surface area (Å²) >= 11 is 0. The summed E-state index contributed by atoms with van der Waals surface area (Å²) in [5, 5.41) is 23.2. The van der Waals surface area contributed by atoms with Crippen molar-refractivity contribution in [2.24, 2.45) is 11.8 Å². The van der Waals surface area contributed by atoms with Gasteiger partial charge in [-0.25, -0.2) is 0 Å². The first-order chi connectivity index (χ1) is 17.1. The normalized spacial score (nSPS) is 20.5. The Morgan fingerprint density at radius 2 is 1.58 bits per heavy atom. The molecule has 0 atom stereocenters. The summed E-state index contributed by atoms with van der Waals surface area (Å²) in [4.78, 5) is 63.8. The van der Waals surface area contributed by atoms with E-state index in [0.29, 0.717) is 31.7 Å². The van der Waals surface area contributed by atoms with E-state index in [2.05, 4.69) is 5.32 Å². The maximum absolute atomic E-state index is 13.3. The van der Waals surface area contributed by atoms with Gasteiger partial charge in [0.1, 0.15) is 0 Å². The predicted octanol–water partition coefficient (Wildman–Crippen LogP) is 2.45. The third-order valence-electron chi connectivity index (χ3n) is 7.21. The maximum Gasteiger partial charge on any atom is 0.305 e. The molecule has 0 bridgehead atoms. The lowest BCUT2D eigenvalue weighted by molar-refractivity contribution is -0.526. The van der Waals surface area contributed by atoms with Gasteiger partial charge in [0.05, 0.1) is 19.5 Å². The minimum Gasteiger partial charge on any atom is -0.481 e. The van der Waals surface area contributed by atoms with Crippen LogP contribution >= 0.6 is 0 Å². The van der Waals surface area contributed by atoms with Gasteiger partial charge in [-0.2, -0.15) is 0 Å². The van der Waals surface area contributed by atoms with Crippen LogP contribution in [0.5, 0.6) is 0 Å². The number of carbonyl (C=O) groups excluding carboxylic acids is 3. The van der Waals surface area contributed by atoms with Crippen molar-refractivity contribution < 1.29 is 29.2 Å². The third-order valence-corrected chi connectivity index (χ3v) is 7.21. The highest BCUT2D eigenvalue weighted by Gasteiger charge is 2.35. The van der Waals surface area contributed by atoms with Gasteiger partial charge in [-0.3, -0.25) is 29.3 Å². The summed E-state index contributed by atoms with van der Waals surface area (Å²) in [7, 11) is 0. The second-order valence-corrected chi connectivity index (χ2v) is 10.6. The second-order valence-electron chi connectivity index (χ2n) is 10.6. The van der Waals surface area contributed by atoms with Crippen LogP contribution in [0.25, 0.3) is 0 Å². The molecule has 0 aromatic carbocycles. The van der Waals surface area contributed by atoms with Crippen LogP contribution in [0.1, 0.15) is 84.5 Å². The highest BCUT2D eigenvalue weighted by Crippen LogP contribution is 2.27. The van der Waals surface area contributed by atoms with E-state index in [-0.39, 0.29) is 61.7 Å². The summed E-state index contributed by atoms with van der Waals surface area (Å²) in [6, 6.07) is -0.548. The number of hydrogen-bond acceptors (Lipinski definition) is 6. The third kappa shape index (κ3) is 10.1. The Morgan fingerprint density at radius 1 is 0.944 bits per heavy atom. The van der Waals surface area contributed by atoms with Crippen molar-refractivity contribution in [2.75, 3.05) is 26.2 Å². The molecule has 11 nitrogen and oxygen atoms in total. The van der Waals surface area contributed by atoms with Gasteiger partial charge in [0, 0.05) is 42.8 Å². The number of rotatable bonds is 13. The number of nitrogens with zero attached hydrogens (tertiary/aromatic N) is 3. The molecule has 3 amide bonds. The van der Waals surface area contributed by atoms with Crippen molar-refractivity contribution in [2.45, 2.75) is 96.6 Å². The van der Waals surface area contributed by atoms with Crippen molar-refractivity contribution in [1.82, 2.24) is 15.1 Å². The van der Waals surface area contributed by atoms with Crippen LogP contribution in [0.15, 0.2) is 0 Å². The van der Waals surface area contributed by atoms with Crippen molar-refractivity contribution in [1.29, 1.82) is 0 Å². The summed E-state index contributed by atoms with van der Waals surface area (Å²) in [5.74, 6) is -2.21. The van der Waals surface area contributed by atoms with Crippen LogP contribution in [0.3, 0.4) is 0 Å². The largest absolute Gasteiger partial charge is 0.481 e. The SMILES string of the molecule is CC(C)CCN(CC(=O)NC1CCCCC1)C(=O)CN(CCC(=O)O)C(=O)C1CCC([N+](=O)[O-])CC1. The molecule has 204 valence electrons. The van der Waals surface area contributed by atoms with Crippen molar-refractivity contribution >= 4 is 23.7 Å². The molecule has 2 saturated carbocycles. The van der Waals surface area contributed by atoms with Gasteiger partial charge in [0.25, 0.3) is 0 Å². The lowest BCUT2D eigenvalue weighted by Gasteiger charge is -2.32. The minimum absolute atomic E-state index is 0.100. The molecule has 2 N–H and O–H groups in total. The molecular formula is C25H42N4O7. The number of aliphatic carboxylic acids is 1. The van der Waals surface area contributed by atoms with Crippen molar-refractivity contribution in [3.05, 3.63) is 10.1 Å². The van der Waals surface area contributed by atoms with Crippen molar-refractivity contribution in [3.63, 3.8) is 0 Å². The smallest absolute Gasteiger partial charge is 0.305 e. The number of carbonyl (C=O) groups is 4. The van der Waals surface area contributed by atoms with Crippen LogP contribution in [0, 0.1) is 22.0 Å². The Bertz CT molecular complexity index is 774. The van der Waals surface area contributed by atoms with E-state index < -0.39 is 23.8 Å². The van der Waals surface area contributed by atoms with E-state index in [1.807, 2.05) is 13.8 Å². The number of nitro groups is 1. The summed E-state index contributed by atoms with van der Waals surface area (Å²) < 4.78 is 0. The van der Waals surface area contributed by atoms with Crippen LogP contribution < -0.4 is 5.32 Å². The molecule has 0 heterocycles. The Kier molecular flexibility index (Phi) is 12.1. The minimum atomic E-state index is -1.08. The number of carboxylic acids is 1. The summed E-state index contributed by atoms with van der Waals surface area (Å²) in [6.45, 7) is 3.88. The Hall–Kier alpha value is -2.72. The highest BCUT2D eigenvalue weighted by atomic mass is 16.6. The first-order valence-corrected chi connectivity index (χ1v) is 13.3. The molecule has 0 aliphatic heterocycles. The molecule has 2 aliphatic carbocycles. The van der Waals surface area contributed by atoms with E-state index in [9.17, 15) is 29.3 Å². The van der Waals surface area contributed by atoms with Crippen LogP contribution in [0.4, 0.5) is 0 Å². The average molecular weight is 511 g/mol. The molecule has 36 heavy (non-hydrogen) atoms. The molecule has 0 aromatic rings. The molecule has 0 saturated heterocycles. The number of hydrogen-bond donors (Lipinski definition) is 2. The monoisotopic (exact) mass is 510 g/mol. The van der Waals surface area contributed by atoms with Crippen LogP contribution in [-0.4, -0.2) is 81.8 Å². The first-order valence-electron chi connectivity index (χ1n) is 13.3. The standard InChI is InChI=1S/C25H42N4O7/c1-18(2)12-14-27(16-22(30)26-20-6-4-3-5-7-20)23(31)17-28(15-13-24(32)33)25(34)19-8-10-21(11-9-19)29(35)36/h18-21H,3-17H2,1-2H3,(H,26,30)(H,32,33). The molecule has 2 fully saturated rings. The molecular weight excluding hydrogens is 468 g/mol. The summed E-state index contributed by atoms with van der Waals surface area (Å²) in [6.07, 6.45) is 6.80. The summed E-state index contributed by atoms with van der Waals surface area (Å²) in [5.41, 5.74) is 0. The van der Waals surface area contributed by atoms with E-state index in [0.717, 1.165) is 25.7 Å². The number of carboxylic acid groups (broad SMARTS) is 1. The van der Waals surface area contributed by atoms with Gasteiger partial charge in [-0.15, -0.1) is 0 Å². The average Bonchev–Trinajstić information content (AvgIpc) is 2.84. The molecule has 0 aromatic heterocycles. The van der Waals surface area contributed by atoms with Gasteiger partial charge in [0.2, 0.25) is 23.8 Å². The zero-order chi connectivity index (χ0) is 26.7. The quantitative estimate of drug-likeness (QED) is 0.285. The van der Waals surface area contributed by atoms with E-state index in [1.54, 1.807) is 0 Å². The fourth-order valence-corrected chi connectivity index (χ4v) is 4.95. The zero-order valence-electron chi connectivity index (χ0n) is 21.7. The lowest BCUT2D eigenvalue weighted by Crippen LogP contribution is -2.50. The van der Waals surface area contributed by atoms with Crippen LogP contribution in [0.2, 0.25) is 0 Å². The van der Waals surface area contributed by atoms with Gasteiger partial charge in [-0.1, -0.05) is 33.1 Å². The lowest BCUT2D eigenvalue weighted by atomic mass is 9.85. The molecule has 0 radical (unpaired) electrons. The van der Waals surface area contributed by atoms with E-state index >= 15 is 0 Å². The van der Waals surface area contributed by atoms with Crippen LogP contribution in [-0.2, 0) is 19.2 Å². The second kappa shape index (κ2) is 14.7. The van der Waals surface area contributed by atoms with Crippen molar-refractivity contribution in [3.8, 4) is 0 Å². The maximum atomic E-state index is 13.3. The fraction of sp³-hybridized carbons (Fsp3) is 0.840. The Labute approximate surface area is 213 Å². The molecule has 11 heteroatoms. The topological polar surface area (TPSA) is 150 Å². The predicted molar refractivity (Wildman–Crippen MR) is 133 cm³/mol. The number of amides is 3. The van der Waals surface area contributed by atoms with Gasteiger partial charge < -0.3 is 20.2 Å². The molecule has 2 aliphatic rings. The van der Waals surface area contributed by atoms with E-state index in [1.165, 1.54) is 16.2 Å². The van der Waals surface area contributed by atoms with E-state index in [4.69, 9.17) is 5.11 Å². The molecule has 0 unspecified atom stereocenters. The Balaban J connectivity index is 2.05. The number of nitrogens with one attached hydrogen (secondary N) is 1. The van der Waals surface area contributed by atoms with Gasteiger partial charge >= 0.3 is 5.97 Å². The Morgan fingerprint density at radius 3 is 2.14 bits per heavy atom. The van der Waals surface area contributed by atoms with Gasteiger partial charge in [0.15, 0.2) is 0 Å². The zero-order valence-corrected chi connectivity index (χ0v) is 21.7. The molecule has 0 spiro atoms. The first kappa shape index (κ1) is 29.5. The van der Waals surface area contributed by atoms with Gasteiger partial charge in [-0.05, 0) is 38.0 Å². The molecule has 2 rings (SSSR count). The fourth-order valence-electron chi connectivity index (χ4n) is 4.95. The highest BCUT2D eigenvalue weighted by molar-refractivity contribution is 5.89.